The van der Waals surface area contributed by atoms with Crippen LogP contribution >= 0.6 is 11.8 Å². The zero-order valence-corrected chi connectivity index (χ0v) is 19.5. The van der Waals surface area contributed by atoms with E-state index in [1.54, 1.807) is 0 Å². The van der Waals surface area contributed by atoms with Crippen LogP contribution in [0.5, 0.6) is 5.88 Å². The lowest BCUT2D eigenvalue weighted by Crippen LogP contribution is -2.55. The number of nitrogens with zero attached hydrogens (tertiary/aromatic N) is 5. The fraction of sp³-hybridized carbons (Fsp3) is 0.500. The summed E-state index contributed by atoms with van der Waals surface area (Å²) in [6.07, 6.45) is 5.92. The Kier molecular flexibility index (Phi) is 5.79. The summed E-state index contributed by atoms with van der Waals surface area (Å²) in [5.41, 5.74) is 3.27. The first-order chi connectivity index (χ1) is 16.0. The number of amides is 1. The minimum Gasteiger partial charge on any atom is -0.466 e. The van der Waals surface area contributed by atoms with Crippen molar-refractivity contribution in [2.45, 2.75) is 55.3 Å². The third-order valence-corrected chi connectivity index (χ3v) is 7.62. The van der Waals surface area contributed by atoms with Crippen molar-refractivity contribution in [1.82, 2.24) is 14.9 Å². The summed E-state index contributed by atoms with van der Waals surface area (Å²) in [7, 11) is 0. The molecule has 0 saturated carbocycles. The Balaban J connectivity index is 1.50. The standard InChI is InChI=1S/C24H27N5O3S/c1-33-22-26-20(28-13-14-29(23(30)31)17(15-28)9-12-25)18-8-11-24(32-21(18)27-22)10-4-6-16-5-2-3-7-19(16)24/h2-3,5,7,17H,4,6,8-11,13-15H2,1H3,(H,30,31)/t17-,24?/m0/s1. The Labute approximate surface area is 197 Å². The van der Waals surface area contributed by atoms with Gasteiger partial charge in [-0.1, -0.05) is 36.0 Å². The van der Waals surface area contributed by atoms with E-state index in [-0.39, 0.29) is 18.1 Å². The highest BCUT2D eigenvalue weighted by Gasteiger charge is 2.43. The number of hydrogen-bond donors (Lipinski definition) is 1. The molecule has 2 aliphatic heterocycles. The van der Waals surface area contributed by atoms with Gasteiger partial charge >= 0.3 is 6.09 Å². The number of aromatic nitrogens is 2. The average molecular weight is 466 g/mol. The van der Waals surface area contributed by atoms with Gasteiger partial charge in [0.2, 0.25) is 5.88 Å². The van der Waals surface area contributed by atoms with Crippen molar-refractivity contribution in [3.63, 3.8) is 0 Å². The molecule has 8 nitrogen and oxygen atoms in total. The SMILES string of the molecule is CSc1nc2c(c(N3CCN(C(=O)O)[C@@H](CC#N)C3)n1)CCC1(CCCc3ccccc31)O2. The van der Waals surface area contributed by atoms with Crippen LogP contribution in [0.15, 0.2) is 29.4 Å². The third kappa shape index (κ3) is 3.86. The Bertz CT molecular complexity index is 1120. The van der Waals surface area contributed by atoms with Crippen LogP contribution in [0.1, 0.15) is 42.4 Å². The second-order valence-corrected chi connectivity index (χ2v) is 9.64. The zero-order valence-electron chi connectivity index (χ0n) is 18.7. The molecule has 3 heterocycles. The van der Waals surface area contributed by atoms with E-state index < -0.39 is 6.09 Å². The van der Waals surface area contributed by atoms with Gasteiger partial charge in [-0.15, -0.1) is 0 Å². The van der Waals surface area contributed by atoms with Crippen molar-refractivity contribution < 1.29 is 14.6 Å². The summed E-state index contributed by atoms with van der Waals surface area (Å²) in [5.74, 6) is 1.46. The molecule has 9 heteroatoms. The first-order valence-electron chi connectivity index (χ1n) is 11.4. The second kappa shape index (κ2) is 8.75. The van der Waals surface area contributed by atoms with E-state index in [4.69, 9.17) is 14.7 Å². The van der Waals surface area contributed by atoms with Crippen LogP contribution in [0.3, 0.4) is 0 Å². The zero-order chi connectivity index (χ0) is 23.0. The third-order valence-electron chi connectivity index (χ3n) is 7.07. The molecule has 2 atom stereocenters. The van der Waals surface area contributed by atoms with Gasteiger partial charge < -0.3 is 19.6 Å². The molecule has 1 aromatic heterocycles. The Morgan fingerprint density at radius 3 is 2.94 bits per heavy atom. The molecule has 1 amide bonds. The van der Waals surface area contributed by atoms with Gasteiger partial charge in [-0.3, -0.25) is 0 Å². The Hall–Kier alpha value is -2.99. The Morgan fingerprint density at radius 1 is 1.30 bits per heavy atom. The first-order valence-corrected chi connectivity index (χ1v) is 12.6. The molecule has 1 N–H and O–H groups in total. The van der Waals surface area contributed by atoms with Crippen molar-refractivity contribution in [3.05, 3.63) is 41.0 Å². The van der Waals surface area contributed by atoms with E-state index in [1.165, 1.54) is 27.8 Å². The highest BCUT2D eigenvalue weighted by atomic mass is 32.2. The molecular formula is C24H27N5O3S. The van der Waals surface area contributed by atoms with E-state index in [0.29, 0.717) is 30.7 Å². The van der Waals surface area contributed by atoms with Crippen LogP contribution in [0.2, 0.25) is 0 Å². The maximum absolute atomic E-state index is 11.6. The van der Waals surface area contributed by atoms with Crippen molar-refractivity contribution in [2.75, 3.05) is 30.8 Å². The normalized spacial score (nSPS) is 23.9. The van der Waals surface area contributed by atoms with Gasteiger partial charge in [-0.2, -0.15) is 10.2 Å². The molecule has 33 heavy (non-hydrogen) atoms. The number of piperazine rings is 1. The second-order valence-electron chi connectivity index (χ2n) is 8.86. The number of fused-ring (bicyclic) bond motifs is 3. The molecule has 1 unspecified atom stereocenters. The predicted molar refractivity (Wildman–Crippen MR) is 125 cm³/mol. The van der Waals surface area contributed by atoms with Crippen LogP contribution in [-0.4, -0.2) is 58.0 Å². The van der Waals surface area contributed by atoms with Crippen LogP contribution < -0.4 is 9.64 Å². The largest absolute Gasteiger partial charge is 0.466 e. The quantitative estimate of drug-likeness (QED) is 0.539. The molecule has 1 saturated heterocycles. The molecule has 2 aromatic rings. The lowest BCUT2D eigenvalue weighted by atomic mass is 9.75. The molecule has 172 valence electrons. The molecule has 0 bridgehead atoms. The highest BCUT2D eigenvalue weighted by molar-refractivity contribution is 7.98. The van der Waals surface area contributed by atoms with E-state index in [1.807, 2.05) is 6.26 Å². The summed E-state index contributed by atoms with van der Waals surface area (Å²) >= 11 is 1.47. The summed E-state index contributed by atoms with van der Waals surface area (Å²) in [6, 6.07) is 10.3. The van der Waals surface area contributed by atoms with E-state index in [9.17, 15) is 15.2 Å². The van der Waals surface area contributed by atoms with Crippen molar-refractivity contribution in [3.8, 4) is 11.9 Å². The highest BCUT2D eigenvalue weighted by Crippen LogP contribution is 2.48. The molecule has 1 aliphatic carbocycles. The minimum atomic E-state index is -0.981. The molecule has 0 radical (unpaired) electrons. The van der Waals surface area contributed by atoms with E-state index >= 15 is 0 Å². The van der Waals surface area contributed by atoms with Crippen molar-refractivity contribution >= 4 is 23.7 Å². The van der Waals surface area contributed by atoms with Gasteiger partial charge in [0.05, 0.1) is 24.1 Å². The number of rotatable bonds is 3. The van der Waals surface area contributed by atoms with E-state index in [2.05, 4.69) is 35.2 Å². The number of ether oxygens (including phenoxy) is 1. The summed E-state index contributed by atoms with van der Waals surface area (Å²) < 4.78 is 6.75. The number of benzene rings is 1. The van der Waals surface area contributed by atoms with Crippen LogP contribution in [0.4, 0.5) is 10.6 Å². The van der Waals surface area contributed by atoms with Crippen molar-refractivity contribution in [2.24, 2.45) is 0 Å². The molecule has 5 rings (SSSR count). The van der Waals surface area contributed by atoms with Gasteiger partial charge in [0.25, 0.3) is 0 Å². The maximum atomic E-state index is 11.6. The van der Waals surface area contributed by atoms with Gasteiger partial charge in [0, 0.05) is 19.6 Å². The number of nitriles is 1. The number of aryl methyl sites for hydroxylation is 1. The van der Waals surface area contributed by atoms with E-state index in [0.717, 1.165) is 43.5 Å². The van der Waals surface area contributed by atoms with Crippen LogP contribution in [0.25, 0.3) is 0 Å². The minimum absolute atomic E-state index is 0.155. The fourth-order valence-corrected chi connectivity index (χ4v) is 5.83. The molecule has 1 spiro atoms. The molecule has 1 fully saturated rings. The number of carboxylic acid groups (broad SMARTS) is 1. The van der Waals surface area contributed by atoms with Crippen LogP contribution in [-0.2, 0) is 18.4 Å². The summed E-state index contributed by atoms with van der Waals surface area (Å²) in [5, 5.41) is 19.4. The van der Waals surface area contributed by atoms with Gasteiger partial charge in [-0.25, -0.2) is 9.78 Å². The Morgan fingerprint density at radius 2 is 2.15 bits per heavy atom. The number of anilines is 1. The van der Waals surface area contributed by atoms with Gasteiger partial charge in [-0.05, 0) is 49.5 Å². The maximum Gasteiger partial charge on any atom is 0.407 e. The lowest BCUT2D eigenvalue weighted by molar-refractivity contribution is 0.0192. The monoisotopic (exact) mass is 465 g/mol. The predicted octanol–water partition coefficient (Wildman–Crippen LogP) is 3.84. The molecule has 3 aliphatic rings. The van der Waals surface area contributed by atoms with Gasteiger partial charge in [0.1, 0.15) is 11.4 Å². The van der Waals surface area contributed by atoms with Gasteiger partial charge in [0.15, 0.2) is 5.16 Å². The molecular weight excluding hydrogens is 438 g/mol. The fourth-order valence-electron chi connectivity index (χ4n) is 5.48. The topological polar surface area (TPSA) is 103 Å². The number of carbonyl (C=O) groups is 1. The first kappa shape index (κ1) is 21.8. The summed E-state index contributed by atoms with van der Waals surface area (Å²) in [4.78, 5) is 24.7. The van der Waals surface area contributed by atoms with Crippen molar-refractivity contribution in [1.29, 1.82) is 5.26 Å². The number of hydrogen-bond acceptors (Lipinski definition) is 7. The lowest BCUT2D eigenvalue weighted by Gasteiger charge is -2.44. The number of thioether (sulfide) groups is 1. The molecule has 1 aromatic carbocycles. The summed E-state index contributed by atoms with van der Waals surface area (Å²) in [6.45, 7) is 1.30. The smallest absolute Gasteiger partial charge is 0.407 e. The average Bonchev–Trinajstić information content (AvgIpc) is 2.83. The van der Waals surface area contributed by atoms with Crippen LogP contribution in [0, 0.1) is 11.3 Å².